The summed E-state index contributed by atoms with van der Waals surface area (Å²) in [7, 11) is 2.88. The Balaban J connectivity index is 0. The fourth-order valence-corrected chi connectivity index (χ4v) is 4.58. The molecular weight excluding hydrogens is 536 g/mol. The molecule has 0 aromatic rings. The van der Waals surface area contributed by atoms with Crippen molar-refractivity contribution >= 4 is 23.9 Å². The molecule has 0 radical (unpaired) electrons. The second-order valence-corrected chi connectivity index (χ2v) is 10.8. The van der Waals surface area contributed by atoms with Gasteiger partial charge in [-0.15, -0.1) is 0 Å². The van der Waals surface area contributed by atoms with E-state index in [1.165, 1.54) is 91.3 Å². The van der Waals surface area contributed by atoms with Gasteiger partial charge in [-0.1, -0.05) is 103 Å². The molecule has 0 amide bonds. The van der Waals surface area contributed by atoms with Crippen LogP contribution in [0.15, 0.2) is 0 Å². The van der Waals surface area contributed by atoms with Crippen molar-refractivity contribution in [3.05, 3.63) is 0 Å². The smallest absolute Gasteiger partial charge is 0.305 e. The zero-order valence-corrected chi connectivity index (χ0v) is 27.7. The highest BCUT2D eigenvalue weighted by Crippen LogP contribution is 2.13. The Bertz CT molecular complexity index is 581. The average molecular weight is 601 g/mol. The van der Waals surface area contributed by atoms with Crippen LogP contribution in [-0.2, 0) is 38.1 Å². The van der Waals surface area contributed by atoms with Gasteiger partial charge in [0.2, 0.25) is 0 Å². The van der Waals surface area contributed by atoms with Crippen LogP contribution in [0, 0.1) is 0 Å². The van der Waals surface area contributed by atoms with Crippen molar-refractivity contribution < 1.29 is 38.1 Å². The molecular formula is C34H64O8. The van der Waals surface area contributed by atoms with Crippen molar-refractivity contribution in [1.29, 1.82) is 0 Å². The maximum atomic E-state index is 11.1. The van der Waals surface area contributed by atoms with E-state index in [0.29, 0.717) is 38.9 Å². The van der Waals surface area contributed by atoms with Crippen LogP contribution in [-0.4, -0.2) is 51.3 Å². The van der Waals surface area contributed by atoms with Gasteiger partial charge in [0.1, 0.15) is 0 Å². The van der Waals surface area contributed by atoms with Gasteiger partial charge in [-0.3, -0.25) is 19.2 Å². The number of hydrogen-bond acceptors (Lipinski definition) is 8. The van der Waals surface area contributed by atoms with Gasteiger partial charge in [-0.2, -0.15) is 0 Å². The van der Waals surface area contributed by atoms with E-state index < -0.39 is 0 Å². The molecule has 0 aliphatic carbocycles. The highest BCUT2D eigenvalue weighted by atomic mass is 16.5. The van der Waals surface area contributed by atoms with Crippen LogP contribution < -0.4 is 0 Å². The van der Waals surface area contributed by atoms with Crippen LogP contribution >= 0.6 is 0 Å². The highest BCUT2D eigenvalue weighted by molar-refractivity contribution is 5.70. The molecule has 0 saturated carbocycles. The second-order valence-electron chi connectivity index (χ2n) is 10.8. The molecule has 0 aromatic heterocycles. The van der Waals surface area contributed by atoms with Gasteiger partial charge >= 0.3 is 23.9 Å². The Kier molecular flexibility index (Phi) is 35.1. The van der Waals surface area contributed by atoms with Gasteiger partial charge < -0.3 is 18.9 Å². The van der Waals surface area contributed by atoms with Crippen LogP contribution in [0.1, 0.15) is 168 Å². The summed E-state index contributed by atoms with van der Waals surface area (Å²) in [6.45, 7) is 4.65. The van der Waals surface area contributed by atoms with Gasteiger partial charge in [-0.05, 0) is 39.5 Å². The maximum Gasteiger partial charge on any atom is 0.305 e. The van der Waals surface area contributed by atoms with E-state index in [4.69, 9.17) is 9.47 Å². The molecule has 0 fully saturated rings. The standard InChI is InChI=1S/C18H34O4.C16H30O4/c1-3-21-17(19)15-13-11-9-7-5-6-8-10-12-14-16-18(20)22-4-2;1-19-15(17)13-11-9-7-5-3-4-6-8-10-12-14-16(18)20-2/h3-16H2,1-2H3;3-14H2,1-2H3. The molecule has 0 spiro atoms. The summed E-state index contributed by atoms with van der Waals surface area (Å²) in [5.41, 5.74) is 0. The zero-order chi connectivity index (χ0) is 31.5. The van der Waals surface area contributed by atoms with Gasteiger partial charge in [0.15, 0.2) is 0 Å². The number of esters is 4. The van der Waals surface area contributed by atoms with Gasteiger partial charge in [0.25, 0.3) is 0 Å². The number of carbonyl (C=O) groups is 4. The zero-order valence-electron chi connectivity index (χ0n) is 27.7. The number of hydrogen-bond donors (Lipinski definition) is 0. The van der Waals surface area contributed by atoms with E-state index in [0.717, 1.165) is 51.4 Å². The predicted molar refractivity (Wildman–Crippen MR) is 168 cm³/mol. The normalized spacial score (nSPS) is 10.4. The lowest BCUT2D eigenvalue weighted by molar-refractivity contribution is -0.144. The van der Waals surface area contributed by atoms with E-state index in [-0.39, 0.29) is 23.9 Å². The van der Waals surface area contributed by atoms with Crippen molar-refractivity contribution in [3.63, 3.8) is 0 Å². The van der Waals surface area contributed by atoms with Gasteiger partial charge in [0, 0.05) is 25.7 Å². The Morgan fingerprint density at radius 1 is 0.333 bits per heavy atom. The molecule has 0 atom stereocenters. The SMILES string of the molecule is CCOC(=O)CCCCCCCCCCCCC(=O)OCC.COC(=O)CCCCCCCCCCCCC(=O)OC. The molecule has 8 heteroatoms. The molecule has 0 heterocycles. The van der Waals surface area contributed by atoms with Crippen LogP contribution in [0.5, 0.6) is 0 Å². The molecule has 8 nitrogen and oxygen atoms in total. The summed E-state index contributed by atoms with van der Waals surface area (Å²) in [5.74, 6) is -0.329. The number of ether oxygens (including phenoxy) is 4. The first-order chi connectivity index (χ1) is 20.4. The first kappa shape index (κ1) is 42.0. The summed E-state index contributed by atoms with van der Waals surface area (Å²) in [6.07, 6.45) is 25.5. The van der Waals surface area contributed by atoms with E-state index in [1.807, 2.05) is 13.8 Å². The monoisotopic (exact) mass is 600 g/mol. The number of unbranched alkanes of at least 4 members (excludes halogenated alkanes) is 18. The quantitative estimate of drug-likeness (QED) is 0.0498. The predicted octanol–water partition coefficient (Wildman–Crippen LogP) is 8.81. The van der Waals surface area contributed by atoms with Crippen LogP contribution in [0.4, 0.5) is 0 Å². The fraction of sp³-hybridized carbons (Fsp3) is 0.882. The molecule has 0 saturated heterocycles. The van der Waals surface area contributed by atoms with Gasteiger partial charge in [-0.25, -0.2) is 0 Å². The largest absolute Gasteiger partial charge is 0.469 e. The minimum atomic E-state index is -0.100. The summed E-state index contributed by atoms with van der Waals surface area (Å²) in [4.78, 5) is 44.0. The highest BCUT2D eigenvalue weighted by Gasteiger charge is 2.03. The van der Waals surface area contributed by atoms with E-state index in [2.05, 4.69) is 9.47 Å². The average Bonchev–Trinajstić information content (AvgIpc) is 2.98. The van der Waals surface area contributed by atoms with Crippen LogP contribution in [0.25, 0.3) is 0 Å². The molecule has 248 valence electrons. The molecule has 0 aliphatic heterocycles. The van der Waals surface area contributed by atoms with E-state index in [9.17, 15) is 19.2 Å². The molecule has 0 aromatic carbocycles. The Hall–Kier alpha value is -2.12. The number of rotatable bonds is 28. The Labute approximate surface area is 257 Å². The lowest BCUT2D eigenvalue weighted by Crippen LogP contribution is -2.03. The van der Waals surface area contributed by atoms with Crippen molar-refractivity contribution in [2.75, 3.05) is 27.4 Å². The van der Waals surface area contributed by atoms with Crippen molar-refractivity contribution in [1.82, 2.24) is 0 Å². The molecule has 0 unspecified atom stereocenters. The molecule has 42 heavy (non-hydrogen) atoms. The third-order valence-corrected chi connectivity index (χ3v) is 7.09. The molecule has 0 rings (SSSR count). The van der Waals surface area contributed by atoms with Crippen LogP contribution in [0.2, 0.25) is 0 Å². The molecule has 0 bridgehead atoms. The third kappa shape index (κ3) is 35.9. The van der Waals surface area contributed by atoms with Crippen LogP contribution in [0.3, 0.4) is 0 Å². The summed E-state index contributed by atoms with van der Waals surface area (Å²) in [6, 6.07) is 0. The van der Waals surface area contributed by atoms with Gasteiger partial charge in [0.05, 0.1) is 27.4 Å². The third-order valence-electron chi connectivity index (χ3n) is 7.09. The molecule has 0 aliphatic rings. The Morgan fingerprint density at radius 2 is 0.524 bits per heavy atom. The summed E-state index contributed by atoms with van der Waals surface area (Å²) >= 11 is 0. The maximum absolute atomic E-state index is 11.1. The number of methoxy groups -OCH3 is 2. The van der Waals surface area contributed by atoms with Crippen molar-refractivity contribution in [2.45, 2.75) is 168 Å². The fourth-order valence-electron chi connectivity index (χ4n) is 4.58. The summed E-state index contributed by atoms with van der Waals surface area (Å²) in [5, 5.41) is 0. The first-order valence-electron chi connectivity index (χ1n) is 16.9. The number of carbonyl (C=O) groups excluding carboxylic acids is 4. The van der Waals surface area contributed by atoms with Crippen molar-refractivity contribution in [3.8, 4) is 0 Å². The van der Waals surface area contributed by atoms with E-state index >= 15 is 0 Å². The lowest BCUT2D eigenvalue weighted by Gasteiger charge is -2.03. The van der Waals surface area contributed by atoms with E-state index in [1.54, 1.807) is 0 Å². The minimum absolute atomic E-state index is 0.0645. The molecule has 0 N–H and O–H groups in total. The lowest BCUT2D eigenvalue weighted by atomic mass is 10.1. The van der Waals surface area contributed by atoms with Crippen molar-refractivity contribution in [2.24, 2.45) is 0 Å². The first-order valence-corrected chi connectivity index (χ1v) is 16.9. The topological polar surface area (TPSA) is 105 Å². The minimum Gasteiger partial charge on any atom is -0.469 e. The summed E-state index contributed by atoms with van der Waals surface area (Å²) < 4.78 is 19.0. The second kappa shape index (κ2) is 35.1. The Morgan fingerprint density at radius 3 is 0.714 bits per heavy atom.